The predicted molar refractivity (Wildman–Crippen MR) is 47.7 cm³/mol. The van der Waals surface area contributed by atoms with Crippen LogP contribution in [0.5, 0.6) is 0 Å². The van der Waals surface area contributed by atoms with Gasteiger partial charge in [0.05, 0.1) is 17.9 Å². The Morgan fingerprint density at radius 1 is 1.57 bits per heavy atom. The molecule has 6 heteroatoms. The van der Waals surface area contributed by atoms with Gasteiger partial charge >= 0.3 is 32.8 Å². The third-order valence-electron chi connectivity index (χ3n) is 1.57. The summed E-state index contributed by atoms with van der Waals surface area (Å²) in [5, 5.41) is 7.47. The fourth-order valence-corrected chi connectivity index (χ4v) is 2.07. The average Bonchev–Trinajstić information content (AvgIpc) is 2.48. The molecule has 1 atom stereocenters. The minimum atomic E-state index is -0.948. The number of carboxylic acid groups (broad SMARTS) is 1. The van der Waals surface area contributed by atoms with Crippen LogP contribution in [0.1, 0.15) is 5.56 Å². The molecule has 1 aliphatic heterocycles. The minimum absolute atomic E-state index is 0.347. The number of rotatable bonds is 0. The Balaban J connectivity index is 0.000000213. The number of hydrogen-bond donors (Lipinski definition) is 2. The van der Waals surface area contributed by atoms with Gasteiger partial charge in [0.1, 0.15) is 0 Å². The quantitative estimate of drug-likeness (QED) is 0.542. The zero-order chi connectivity index (χ0) is 10.6. The van der Waals surface area contributed by atoms with Crippen molar-refractivity contribution in [1.29, 1.82) is 0 Å². The van der Waals surface area contributed by atoms with Gasteiger partial charge in [0.2, 0.25) is 0 Å². The molecule has 1 aliphatic rings. The zero-order valence-electron chi connectivity index (χ0n) is 7.40. The number of fused-ring (bicyclic) bond motifs is 1. The molecule has 4 nitrogen and oxygen atoms in total. The third kappa shape index (κ3) is 3.38. The topological polar surface area (TPSA) is 72.4 Å². The summed E-state index contributed by atoms with van der Waals surface area (Å²) in [4.78, 5) is 9.99. The van der Waals surface area contributed by atoms with E-state index in [4.69, 9.17) is 9.90 Å². The van der Waals surface area contributed by atoms with Crippen molar-refractivity contribution in [1.82, 2.24) is 4.72 Å². The van der Waals surface area contributed by atoms with Crippen molar-refractivity contribution in [2.24, 2.45) is 0 Å². The Hall–Kier alpha value is -0.417. The van der Waals surface area contributed by atoms with Gasteiger partial charge in [-0.15, -0.1) is 4.72 Å². The maximum Gasteiger partial charge on any atom is 0.178 e. The van der Waals surface area contributed by atoms with Crippen LogP contribution in [0, 0.1) is 0 Å². The molecule has 1 aromatic carbocycles. The fourth-order valence-electron chi connectivity index (χ4n) is 1.05. The Bertz CT molecular complexity index is 330. The van der Waals surface area contributed by atoms with Crippen molar-refractivity contribution in [2.75, 3.05) is 0 Å². The monoisotopic (exact) mass is 262 g/mol. The van der Waals surface area contributed by atoms with Gasteiger partial charge in [-0.2, -0.15) is 0 Å². The van der Waals surface area contributed by atoms with Crippen LogP contribution >= 0.6 is 0 Å². The maximum atomic E-state index is 11.1. The van der Waals surface area contributed by atoms with E-state index in [0.29, 0.717) is 18.3 Å². The van der Waals surface area contributed by atoms with Crippen molar-refractivity contribution in [3.63, 3.8) is 0 Å². The van der Waals surface area contributed by atoms with E-state index in [1.807, 2.05) is 24.3 Å². The van der Waals surface area contributed by atoms with Gasteiger partial charge in [-0.3, -0.25) is 0 Å². The molecule has 0 fully saturated rings. The molecule has 71 valence electrons. The van der Waals surface area contributed by atoms with Gasteiger partial charge in [-0.25, -0.2) is 0 Å². The summed E-state index contributed by atoms with van der Waals surface area (Å²) in [7, 11) is 0. The molecule has 0 bridgehead atoms. The number of nitrogens with one attached hydrogen (secondary N) is 1. The van der Waals surface area contributed by atoms with E-state index >= 15 is 0 Å². The summed E-state index contributed by atoms with van der Waals surface area (Å²) < 4.78 is 13.2. The molecular weight excluding hydrogens is 256 g/mol. The molecule has 2 rings (SSSR count). The molecule has 1 aromatic rings. The van der Waals surface area contributed by atoms with E-state index in [0.717, 1.165) is 17.0 Å². The fraction of sp³-hybridized carbons (Fsp3) is 0.125. The van der Waals surface area contributed by atoms with Crippen LogP contribution in [-0.2, 0) is 36.2 Å². The van der Waals surface area contributed by atoms with Crippen LogP contribution in [0.15, 0.2) is 29.2 Å². The van der Waals surface area contributed by atoms with Crippen LogP contribution in [0.2, 0.25) is 0 Å². The van der Waals surface area contributed by atoms with Crippen molar-refractivity contribution < 1.29 is 32.8 Å². The van der Waals surface area contributed by atoms with E-state index in [9.17, 15) is 4.55 Å². The summed E-state index contributed by atoms with van der Waals surface area (Å²) in [6.45, 7) is 0.739. The first-order chi connectivity index (χ1) is 6.61. The summed E-state index contributed by atoms with van der Waals surface area (Å²) in [5.74, 6) is 0. The van der Waals surface area contributed by atoms with E-state index in [1.165, 1.54) is 0 Å². The van der Waals surface area contributed by atoms with E-state index in [2.05, 4.69) is 4.72 Å². The first-order valence-corrected chi connectivity index (χ1v) is 6.52. The summed E-state index contributed by atoms with van der Waals surface area (Å²) in [6, 6.07) is 7.76. The summed E-state index contributed by atoms with van der Waals surface area (Å²) >= 11 is -0.601. The molecule has 2 N–H and O–H groups in total. The van der Waals surface area contributed by atoms with E-state index < -0.39 is 15.9 Å². The second-order valence-electron chi connectivity index (χ2n) is 2.59. The molecule has 0 radical (unpaired) electrons. The molecule has 0 amide bonds. The third-order valence-corrected chi connectivity index (χ3v) is 2.77. The Morgan fingerprint density at radius 2 is 2.14 bits per heavy atom. The molecule has 1 unspecified atom stereocenters. The van der Waals surface area contributed by atoms with Crippen LogP contribution in [0.4, 0.5) is 4.79 Å². The first-order valence-electron chi connectivity index (χ1n) is 3.89. The summed E-state index contributed by atoms with van der Waals surface area (Å²) in [6.07, 6.45) is 0. The van der Waals surface area contributed by atoms with Crippen molar-refractivity contribution in [2.45, 2.75) is 11.4 Å². The predicted octanol–water partition coefficient (Wildman–Crippen LogP) is 1.02. The van der Waals surface area contributed by atoms with Crippen molar-refractivity contribution >= 4 is 15.9 Å². The number of benzene rings is 1. The molecule has 0 saturated carbocycles. The molecule has 0 aliphatic carbocycles. The second-order valence-corrected chi connectivity index (χ2v) is 5.13. The van der Waals surface area contributed by atoms with Crippen molar-refractivity contribution in [3.05, 3.63) is 29.8 Å². The van der Waals surface area contributed by atoms with Gasteiger partial charge in [0.25, 0.3) is 0 Å². The molecular formula is C8H8NO3SZn. The Kier molecular flexibility index (Phi) is 4.55. The molecule has 0 aromatic heterocycles. The largest absolute Gasteiger partial charge is 0.593 e. The van der Waals surface area contributed by atoms with Crippen LogP contribution < -0.4 is 4.72 Å². The van der Waals surface area contributed by atoms with Gasteiger partial charge in [0.15, 0.2) is 4.90 Å². The average molecular weight is 264 g/mol. The SMILES string of the molecule is O=[C](O)[Zn].[O-][S+]1NCc2ccccc21. The number of hydrogen-bond acceptors (Lipinski definition) is 3. The van der Waals surface area contributed by atoms with Crippen molar-refractivity contribution in [3.8, 4) is 0 Å². The Morgan fingerprint density at radius 3 is 2.71 bits per heavy atom. The smallest absolute Gasteiger partial charge is 0.178 e. The van der Waals surface area contributed by atoms with Gasteiger partial charge in [-0.05, 0) is 6.07 Å². The maximum absolute atomic E-state index is 11.1. The zero-order valence-corrected chi connectivity index (χ0v) is 11.2. The molecule has 0 spiro atoms. The van der Waals surface area contributed by atoms with E-state index in [-0.39, 0.29) is 0 Å². The molecule has 0 saturated heterocycles. The minimum Gasteiger partial charge on any atom is -0.593 e. The normalized spacial score (nSPS) is 18.1. The van der Waals surface area contributed by atoms with Crippen LogP contribution in [0.25, 0.3) is 0 Å². The van der Waals surface area contributed by atoms with E-state index in [1.54, 1.807) is 0 Å². The standard InChI is InChI=1S/C7H7NOS.CHO2.Zn/c9-10-7-4-2-1-3-6(7)5-8-10;2-1-3;/h1-4,8H,5H2;(H,2,3);. The Labute approximate surface area is 94.7 Å². The number of carbonyl (C=O) groups is 1. The van der Waals surface area contributed by atoms with Crippen LogP contribution in [-0.4, -0.2) is 14.2 Å². The molecule has 1 heterocycles. The molecule has 14 heavy (non-hydrogen) atoms. The second kappa shape index (κ2) is 5.46. The van der Waals surface area contributed by atoms with Gasteiger partial charge < -0.3 is 4.55 Å². The van der Waals surface area contributed by atoms with Gasteiger partial charge in [0, 0.05) is 5.56 Å². The summed E-state index contributed by atoms with van der Waals surface area (Å²) in [5.41, 5.74) is 1.15. The first kappa shape index (κ1) is 11.7. The van der Waals surface area contributed by atoms with Gasteiger partial charge in [-0.1, -0.05) is 18.2 Å². The van der Waals surface area contributed by atoms with Crippen LogP contribution in [0.3, 0.4) is 0 Å².